The standard InChI is InChI=1S/C17H25N3O2/c1-12(15(18)13-8-5-4-6-9-13)16(21)20-11-7-10-14(20)17(22)19(2)3/h4-6,8-9,12,14-15H,7,10-11,18H2,1-3H3/t12-,14-,15-/m0/s1. The summed E-state index contributed by atoms with van der Waals surface area (Å²) in [6.45, 7) is 2.48. The van der Waals surface area contributed by atoms with Crippen LogP contribution < -0.4 is 5.73 Å². The van der Waals surface area contributed by atoms with Gasteiger partial charge in [0.05, 0.1) is 5.92 Å². The van der Waals surface area contributed by atoms with Crippen molar-refractivity contribution < 1.29 is 9.59 Å². The van der Waals surface area contributed by atoms with Gasteiger partial charge in [-0.05, 0) is 18.4 Å². The van der Waals surface area contributed by atoms with Gasteiger partial charge in [-0.1, -0.05) is 37.3 Å². The van der Waals surface area contributed by atoms with Crippen molar-refractivity contribution in [2.24, 2.45) is 11.7 Å². The van der Waals surface area contributed by atoms with Gasteiger partial charge in [-0.2, -0.15) is 0 Å². The van der Waals surface area contributed by atoms with Crippen molar-refractivity contribution in [3.05, 3.63) is 35.9 Å². The number of rotatable bonds is 4. The van der Waals surface area contributed by atoms with Crippen molar-refractivity contribution in [1.29, 1.82) is 0 Å². The molecule has 1 saturated heterocycles. The third-order valence-corrected chi connectivity index (χ3v) is 4.37. The molecule has 2 amide bonds. The van der Waals surface area contributed by atoms with E-state index in [2.05, 4.69) is 0 Å². The molecule has 1 heterocycles. The van der Waals surface area contributed by atoms with Crippen LogP contribution >= 0.6 is 0 Å². The second-order valence-corrected chi connectivity index (χ2v) is 6.15. The Labute approximate surface area is 132 Å². The molecule has 120 valence electrons. The average molecular weight is 303 g/mol. The van der Waals surface area contributed by atoms with Crippen molar-refractivity contribution in [3.63, 3.8) is 0 Å². The Morgan fingerprint density at radius 3 is 2.50 bits per heavy atom. The first kappa shape index (κ1) is 16.5. The fourth-order valence-corrected chi connectivity index (χ4v) is 2.96. The van der Waals surface area contributed by atoms with E-state index < -0.39 is 0 Å². The van der Waals surface area contributed by atoms with Crippen molar-refractivity contribution in [2.75, 3.05) is 20.6 Å². The van der Waals surface area contributed by atoms with Gasteiger partial charge in [0, 0.05) is 26.7 Å². The molecule has 1 fully saturated rings. The Morgan fingerprint density at radius 1 is 1.27 bits per heavy atom. The van der Waals surface area contributed by atoms with Crippen LogP contribution in [0.1, 0.15) is 31.4 Å². The number of benzene rings is 1. The SMILES string of the molecule is C[C@H](C(=O)N1CCC[C@H]1C(=O)N(C)C)[C@H](N)c1ccccc1. The van der Waals surface area contributed by atoms with E-state index in [1.807, 2.05) is 37.3 Å². The first-order valence-corrected chi connectivity index (χ1v) is 7.75. The lowest BCUT2D eigenvalue weighted by molar-refractivity contribution is -0.144. The number of likely N-dealkylation sites (tertiary alicyclic amines) is 1. The highest BCUT2D eigenvalue weighted by molar-refractivity contribution is 5.89. The highest BCUT2D eigenvalue weighted by Gasteiger charge is 2.38. The van der Waals surface area contributed by atoms with E-state index in [1.165, 1.54) is 0 Å². The molecule has 0 unspecified atom stereocenters. The number of hydrogen-bond acceptors (Lipinski definition) is 3. The average Bonchev–Trinajstić information content (AvgIpc) is 3.02. The highest BCUT2D eigenvalue weighted by atomic mass is 16.2. The Kier molecular flexibility index (Phi) is 5.19. The molecule has 1 aromatic carbocycles. The Morgan fingerprint density at radius 2 is 1.91 bits per heavy atom. The van der Waals surface area contributed by atoms with E-state index >= 15 is 0 Å². The summed E-state index contributed by atoms with van der Waals surface area (Å²) < 4.78 is 0. The molecule has 0 radical (unpaired) electrons. The molecule has 0 spiro atoms. The van der Waals surface area contributed by atoms with Gasteiger partial charge in [0.25, 0.3) is 0 Å². The second kappa shape index (κ2) is 6.92. The summed E-state index contributed by atoms with van der Waals surface area (Å²) in [7, 11) is 3.45. The summed E-state index contributed by atoms with van der Waals surface area (Å²) in [5.41, 5.74) is 7.19. The molecule has 3 atom stereocenters. The van der Waals surface area contributed by atoms with Crippen LogP contribution in [0.15, 0.2) is 30.3 Å². The quantitative estimate of drug-likeness (QED) is 0.914. The third-order valence-electron chi connectivity index (χ3n) is 4.37. The zero-order valence-corrected chi connectivity index (χ0v) is 13.5. The normalized spacial score (nSPS) is 20.5. The van der Waals surface area contributed by atoms with Crippen molar-refractivity contribution in [3.8, 4) is 0 Å². The monoisotopic (exact) mass is 303 g/mol. The highest BCUT2D eigenvalue weighted by Crippen LogP contribution is 2.26. The minimum Gasteiger partial charge on any atom is -0.347 e. The third kappa shape index (κ3) is 3.30. The fourth-order valence-electron chi connectivity index (χ4n) is 2.96. The lowest BCUT2D eigenvalue weighted by Crippen LogP contribution is -2.48. The molecule has 0 bridgehead atoms. The van der Waals surface area contributed by atoms with Gasteiger partial charge in [0.1, 0.15) is 6.04 Å². The summed E-state index contributed by atoms with van der Waals surface area (Å²) in [6.07, 6.45) is 1.60. The van der Waals surface area contributed by atoms with Gasteiger partial charge >= 0.3 is 0 Å². The lowest BCUT2D eigenvalue weighted by atomic mass is 9.94. The summed E-state index contributed by atoms with van der Waals surface area (Å²) in [5, 5.41) is 0. The van der Waals surface area contributed by atoms with Crippen LogP contribution in [-0.4, -0.2) is 48.3 Å². The molecule has 1 aliphatic heterocycles. The number of likely N-dealkylation sites (N-methyl/N-ethyl adjacent to an activating group) is 1. The maximum absolute atomic E-state index is 12.8. The minimum absolute atomic E-state index is 0.00803. The van der Waals surface area contributed by atoms with Crippen LogP contribution in [0.4, 0.5) is 0 Å². The maximum atomic E-state index is 12.8. The number of amides is 2. The molecule has 0 saturated carbocycles. The zero-order valence-electron chi connectivity index (χ0n) is 13.5. The largest absolute Gasteiger partial charge is 0.347 e. The van der Waals surface area contributed by atoms with E-state index in [1.54, 1.807) is 23.9 Å². The number of carbonyl (C=O) groups is 2. The summed E-state index contributed by atoms with van der Waals surface area (Å²) in [5.74, 6) is -0.390. The van der Waals surface area contributed by atoms with Crippen LogP contribution in [0.3, 0.4) is 0 Å². The van der Waals surface area contributed by atoms with E-state index in [4.69, 9.17) is 5.73 Å². The van der Waals surface area contributed by atoms with Gasteiger partial charge in [-0.25, -0.2) is 0 Å². The van der Waals surface area contributed by atoms with Gasteiger partial charge in [-0.3, -0.25) is 9.59 Å². The fraction of sp³-hybridized carbons (Fsp3) is 0.529. The Hall–Kier alpha value is -1.88. The van der Waals surface area contributed by atoms with Gasteiger partial charge in [-0.15, -0.1) is 0 Å². The van der Waals surface area contributed by atoms with Crippen LogP contribution in [0.25, 0.3) is 0 Å². The molecular weight excluding hydrogens is 278 g/mol. The Balaban J connectivity index is 2.11. The van der Waals surface area contributed by atoms with Gasteiger partial charge in [0.2, 0.25) is 11.8 Å². The first-order chi connectivity index (χ1) is 10.4. The smallest absolute Gasteiger partial charge is 0.244 e. The second-order valence-electron chi connectivity index (χ2n) is 6.15. The number of carbonyl (C=O) groups excluding carboxylic acids is 2. The van der Waals surface area contributed by atoms with Crippen LogP contribution in [0, 0.1) is 5.92 Å². The van der Waals surface area contributed by atoms with Crippen molar-refractivity contribution in [2.45, 2.75) is 31.8 Å². The summed E-state index contributed by atoms with van der Waals surface area (Å²) >= 11 is 0. The maximum Gasteiger partial charge on any atom is 0.244 e. The summed E-state index contributed by atoms with van der Waals surface area (Å²) in [6, 6.07) is 8.93. The molecule has 2 N–H and O–H groups in total. The summed E-state index contributed by atoms with van der Waals surface area (Å²) in [4.78, 5) is 28.3. The van der Waals surface area contributed by atoms with Crippen molar-refractivity contribution >= 4 is 11.8 Å². The minimum atomic E-state index is -0.357. The van der Waals surface area contributed by atoms with Crippen molar-refractivity contribution in [1.82, 2.24) is 9.80 Å². The topological polar surface area (TPSA) is 66.6 Å². The molecule has 5 nitrogen and oxygen atoms in total. The molecule has 1 aliphatic rings. The van der Waals surface area contributed by atoms with E-state index in [9.17, 15) is 9.59 Å². The van der Waals surface area contributed by atoms with E-state index in [-0.39, 0.29) is 29.8 Å². The zero-order chi connectivity index (χ0) is 16.3. The van der Waals surface area contributed by atoms with Crippen LogP contribution in [0.2, 0.25) is 0 Å². The lowest BCUT2D eigenvalue weighted by Gasteiger charge is -2.30. The predicted octanol–water partition coefficient (Wildman–Crippen LogP) is 1.40. The molecule has 22 heavy (non-hydrogen) atoms. The number of hydrogen-bond donors (Lipinski definition) is 1. The molecule has 2 rings (SSSR count). The van der Waals surface area contributed by atoms with Gasteiger partial charge in [0.15, 0.2) is 0 Å². The number of nitrogens with two attached hydrogens (primary N) is 1. The van der Waals surface area contributed by atoms with E-state index in [0.29, 0.717) is 6.54 Å². The van der Waals surface area contributed by atoms with E-state index in [0.717, 1.165) is 18.4 Å². The molecule has 0 aliphatic carbocycles. The number of nitrogens with zero attached hydrogens (tertiary/aromatic N) is 2. The molecule has 1 aromatic rings. The van der Waals surface area contributed by atoms with Crippen LogP contribution in [-0.2, 0) is 9.59 Å². The first-order valence-electron chi connectivity index (χ1n) is 7.75. The predicted molar refractivity (Wildman–Crippen MR) is 86.0 cm³/mol. The molecular formula is C17H25N3O2. The van der Waals surface area contributed by atoms with Gasteiger partial charge < -0.3 is 15.5 Å². The molecule has 0 aromatic heterocycles. The Bertz CT molecular complexity index is 530. The molecule has 5 heteroatoms. The van der Waals surface area contributed by atoms with Crippen LogP contribution in [0.5, 0.6) is 0 Å².